The maximum absolute atomic E-state index is 5.79. The van der Waals surface area contributed by atoms with Gasteiger partial charge in [-0.05, 0) is 74.5 Å². The number of ether oxygens (including phenoxy) is 2. The highest BCUT2D eigenvalue weighted by atomic mass is 16.5. The Morgan fingerprint density at radius 2 is 1.32 bits per heavy atom. The molecule has 4 rings (SSSR count). The minimum Gasteiger partial charge on any atom is -0.379 e. The zero-order chi connectivity index (χ0) is 13.1. The highest BCUT2D eigenvalue weighted by molar-refractivity contribution is 5.01. The SMILES string of the molecule is CCCOCCOCCC12CC3CC(CC(C3)C1)C2. The highest BCUT2D eigenvalue weighted by Crippen LogP contribution is 2.61. The first-order valence-electron chi connectivity index (χ1n) is 8.45. The van der Waals surface area contributed by atoms with Crippen molar-refractivity contribution in [3.8, 4) is 0 Å². The van der Waals surface area contributed by atoms with Crippen molar-refractivity contribution in [2.45, 2.75) is 58.3 Å². The Morgan fingerprint density at radius 3 is 1.84 bits per heavy atom. The molecule has 4 fully saturated rings. The van der Waals surface area contributed by atoms with Crippen LogP contribution < -0.4 is 0 Å². The molecule has 0 radical (unpaired) electrons. The van der Waals surface area contributed by atoms with Gasteiger partial charge in [0, 0.05) is 13.2 Å². The lowest BCUT2D eigenvalue weighted by Gasteiger charge is -2.57. The highest BCUT2D eigenvalue weighted by Gasteiger charge is 2.50. The molecule has 0 aromatic rings. The summed E-state index contributed by atoms with van der Waals surface area (Å²) >= 11 is 0. The second-order valence-electron chi connectivity index (χ2n) is 7.39. The van der Waals surface area contributed by atoms with Gasteiger partial charge < -0.3 is 9.47 Å². The number of hydrogen-bond donors (Lipinski definition) is 0. The van der Waals surface area contributed by atoms with Crippen LogP contribution in [0.1, 0.15) is 58.3 Å². The molecule has 110 valence electrons. The first-order chi connectivity index (χ1) is 9.30. The molecule has 0 saturated heterocycles. The van der Waals surface area contributed by atoms with Gasteiger partial charge in [-0.25, -0.2) is 0 Å². The first kappa shape index (κ1) is 13.9. The standard InChI is InChI=1S/C17H30O2/c1-2-4-18-6-7-19-5-3-17-11-14-8-15(12-17)10-16(9-14)13-17/h14-16H,2-13H2,1H3. The van der Waals surface area contributed by atoms with Crippen molar-refractivity contribution < 1.29 is 9.47 Å². The van der Waals surface area contributed by atoms with Crippen LogP contribution in [0.25, 0.3) is 0 Å². The quantitative estimate of drug-likeness (QED) is 0.617. The monoisotopic (exact) mass is 266 g/mol. The van der Waals surface area contributed by atoms with E-state index in [0.29, 0.717) is 5.41 Å². The Hall–Kier alpha value is -0.0800. The molecule has 0 atom stereocenters. The summed E-state index contributed by atoms with van der Waals surface area (Å²) in [6, 6.07) is 0. The average molecular weight is 266 g/mol. The molecule has 4 aliphatic carbocycles. The van der Waals surface area contributed by atoms with Crippen molar-refractivity contribution in [1.82, 2.24) is 0 Å². The van der Waals surface area contributed by atoms with Gasteiger partial charge in [0.25, 0.3) is 0 Å². The third kappa shape index (κ3) is 3.33. The van der Waals surface area contributed by atoms with Crippen LogP contribution in [0.3, 0.4) is 0 Å². The van der Waals surface area contributed by atoms with Gasteiger partial charge >= 0.3 is 0 Å². The summed E-state index contributed by atoms with van der Waals surface area (Å²) in [5.74, 6) is 3.21. The van der Waals surface area contributed by atoms with Gasteiger partial charge in [-0.2, -0.15) is 0 Å². The van der Waals surface area contributed by atoms with Crippen LogP contribution in [0.5, 0.6) is 0 Å². The van der Waals surface area contributed by atoms with E-state index in [-0.39, 0.29) is 0 Å². The predicted molar refractivity (Wildman–Crippen MR) is 77.2 cm³/mol. The smallest absolute Gasteiger partial charge is 0.0700 e. The van der Waals surface area contributed by atoms with Crippen molar-refractivity contribution in [2.75, 3.05) is 26.4 Å². The number of rotatable bonds is 8. The average Bonchev–Trinajstić information content (AvgIpc) is 2.36. The summed E-state index contributed by atoms with van der Waals surface area (Å²) in [5, 5.41) is 0. The third-order valence-electron chi connectivity index (χ3n) is 5.66. The summed E-state index contributed by atoms with van der Waals surface area (Å²) in [4.78, 5) is 0. The zero-order valence-electron chi connectivity index (χ0n) is 12.5. The molecule has 0 heterocycles. The Morgan fingerprint density at radius 1 is 0.789 bits per heavy atom. The van der Waals surface area contributed by atoms with Crippen LogP contribution in [0, 0.1) is 23.2 Å². The molecule has 2 heteroatoms. The molecule has 2 nitrogen and oxygen atoms in total. The molecule has 0 aromatic heterocycles. The Kier molecular flexibility index (Phi) is 4.48. The molecule has 0 aliphatic heterocycles. The second kappa shape index (κ2) is 6.13. The summed E-state index contributed by atoms with van der Waals surface area (Å²) in [6.07, 6.45) is 11.6. The first-order valence-corrected chi connectivity index (χ1v) is 8.45. The van der Waals surface area contributed by atoms with E-state index in [0.717, 1.165) is 50.6 Å². The topological polar surface area (TPSA) is 18.5 Å². The zero-order valence-corrected chi connectivity index (χ0v) is 12.5. The van der Waals surface area contributed by atoms with Crippen LogP contribution >= 0.6 is 0 Å². The van der Waals surface area contributed by atoms with Crippen LogP contribution in [0.2, 0.25) is 0 Å². The van der Waals surface area contributed by atoms with E-state index in [1.807, 2.05) is 0 Å². The summed E-state index contributed by atoms with van der Waals surface area (Å²) in [7, 11) is 0. The van der Waals surface area contributed by atoms with E-state index in [1.165, 1.54) is 25.7 Å². The largest absolute Gasteiger partial charge is 0.379 e. The molecule has 0 aromatic carbocycles. The minimum atomic E-state index is 0.680. The Labute approximate surface area is 118 Å². The molecule has 0 unspecified atom stereocenters. The molecule has 0 amide bonds. The molecular weight excluding hydrogens is 236 g/mol. The molecule has 4 bridgehead atoms. The van der Waals surface area contributed by atoms with E-state index >= 15 is 0 Å². The van der Waals surface area contributed by atoms with Gasteiger partial charge in [0.05, 0.1) is 13.2 Å². The minimum absolute atomic E-state index is 0.680. The van der Waals surface area contributed by atoms with Gasteiger partial charge in [0.1, 0.15) is 0 Å². The summed E-state index contributed by atoms with van der Waals surface area (Å²) in [5.41, 5.74) is 0.680. The molecule has 0 spiro atoms. The van der Waals surface area contributed by atoms with E-state index in [2.05, 4.69) is 6.92 Å². The predicted octanol–water partition coefficient (Wildman–Crippen LogP) is 4.04. The van der Waals surface area contributed by atoms with Crippen molar-refractivity contribution in [1.29, 1.82) is 0 Å². The normalized spacial score (nSPS) is 39.9. The fourth-order valence-electron chi connectivity index (χ4n) is 5.35. The molecule has 4 saturated carbocycles. The third-order valence-corrected chi connectivity index (χ3v) is 5.66. The summed E-state index contributed by atoms with van der Waals surface area (Å²) < 4.78 is 11.2. The van der Waals surface area contributed by atoms with E-state index in [4.69, 9.17) is 9.47 Å². The Balaban J connectivity index is 1.36. The lowest BCUT2D eigenvalue weighted by atomic mass is 9.49. The van der Waals surface area contributed by atoms with Gasteiger partial charge in [0.2, 0.25) is 0 Å². The maximum Gasteiger partial charge on any atom is 0.0700 e. The van der Waals surface area contributed by atoms with Gasteiger partial charge in [0.15, 0.2) is 0 Å². The fraction of sp³-hybridized carbons (Fsp3) is 1.00. The van der Waals surface area contributed by atoms with Crippen molar-refractivity contribution in [3.63, 3.8) is 0 Å². The van der Waals surface area contributed by atoms with Crippen LogP contribution in [0.15, 0.2) is 0 Å². The molecule has 0 N–H and O–H groups in total. The molecule has 4 aliphatic rings. The van der Waals surface area contributed by atoms with Crippen LogP contribution in [0.4, 0.5) is 0 Å². The maximum atomic E-state index is 5.79. The second-order valence-corrected chi connectivity index (χ2v) is 7.39. The van der Waals surface area contributed by atoms with Crippen molar-refractivity contribution in [2.24, 2.45) is 23.2 Å². The number of hydrogen-bond acceptors (Lipinski definition) is 2. The van der Waals surface area contributed by atoms with E-state index < -0.39 is 0 Å². The van der Waals surface area contributed by atoms with Crippen molar-refractivity contribution in [3.05, 3.63) is 0 Å². The van der Waals surface area contributed by atoms with E-state index in [9.17, 15) is 0 Å². The van der Waals surface area contributed by atoms with Crippen LogP contribution in [-0.4, -0.2) is 26.4 Å². The molecule has 19 heavy (non-hydrogen) atoms. The summed E-state index contributed by atoms with van der Waals surface area (Å²) in [6.45, 7) is 5.54. The van der Waals surface area contributed by atoms with E-state index in [1.54, 1.807) is 19.3 Å². The Bertz CT molecular complexity index is 252. The van der Waals surface area contributed by atoms with Gasteiger partial charge in [-0.15, -0.1) is 0 Å². The lowest BCUT2D eigenvalue weighted by molar-refractivity contribution is -0.0712. The molecular formula is C17H30O2. The van der Waals surface area contributed by atoms with Gasteiger partial charge in [-0.3, -0.25) is 0 Å². The fourth-order valence-corrected chi connectivity index (χ4v) is 5.35. The van der Waals surface area contributed by atoms with Crippen LogP contribution in [-0.2, 0) is 9.47 Å². The van der Waals surface area contributed by atoms with Gasteiger partial charge in [-0.1, -0.05) is 6.92 Å². The lowest BCUT2D eigenvalue weighted by Crippen LogP contribution is -2.46. The van der Waals surface area contributed by atoms with Crippen molar-refractivity contribution >= 4 is 0 Å².